The van der Waals surface area contributed by atoms with Gasteiger partial charge in [-0.05, 0) is 12.1 Å². The summed E-state index contributed by atoms with van der Waals surface area (Å²) in [5.41, 5.74) is 0. The number of nitrogens with one attached hydrogen (secondary N) is 1. The van der Waals surface area contributed by atoms with Crippen LogP contribution >= 0.6 is 0 Å². The Morgan fingerprint density at radius 1 is 1.00 bits per heavy atom. The van der Waals surface area contributed by atoms with E-state index in [-0.39, 0.29) is 0 Å². The van der Waals surface area contributed by atoms with Crippen LogP contribution in [0.15, 0.2) is 35.2 Å². The third-order valence-corrected chi connectivity index (χ3v) is 5.84. The van der Waals surface area contributed by atoms with Crippen LogP contribution in [0.25, 0.3) is 0 Å². The van der Waals surface area contributed by atoms with Crippen molar-refractivity contribution in [3.63, 3.8) is 0 Å². The van der Waals surface area contributed by atoms with Gasteiger partial charge in [-0.25, -0.2) is 8.42 Å². The Kier molecular flexibility index (Phi) is 3.58. The van der Waals surface area contributed by atoms with Crippen molar-refractivity contribution in [2.45, 2.75) is 10.9 Å². The van der Waals surface area contributed by atoms with E-state index in [1.165, 1.54) is 0 Å². The maximum Gasteiger partial charge on any atom is 0.243 e. The van der Waals surface area contributed by atoms with Crippen molar-refractivity contribution in [1.82, 2.24) is 14.5 Å². The number of rotatable bonds is 3. The van der Waals surface area contributed by atoms with Gasteiger partial charge in [-0.2, -0.15) is 4.31 Å². The molecule has 6 heteroatoms. The normalized spacial score (nSPS) is 23.2. The molecule has 0 saturated carbocycles. The minimum atomic E-state index is -3.31. The second-order valence-corrected chi connectivity index (χ2v) is 7.00. The molecule has 0 radical (unpaired) electrons. The lowest BCUT2D eigenvalue weighted by molar-refractivity contribution is 0.103. The number of sulfonamides is 1. The van der Waals surface area contributed by atoms with Gasteiger partial charge < -0.3 is 5.32 Å². The van der Waals surface area contributed by atoms with E-state index in [4.69, 9.17) is 0 Å². The number of benzene rings is 1. The van der Waals surface area contributed by atoms with Crippen molar-refractivity contribution in [3.05, 3.63) is 30.3 Å². The average Bonchev–Trinajstić information content (AvgIpc) is 2.38. The molecule has 0 amide bonds. The maximum atomic E-state index is 12.4. The van der Waals surface area contributed by atoms with E-state index in [0.29, 0.717) is 24.0 Å². The summed E-state index contributed by atoms with van der Waals surface area (Å²) in [5, 5.41) is 3.25. The first-order valence-corrected chi connectivity index (χ1v) is 8.12. The van der Waals surface area contributed by atoms with E-state index in [1.807, 2.05) is 6.07 Å². The van der Waals surface area contributed by atoms with E-state index < -0.39 is 10.0 Å². The Morgan fingerprint density at radius 3 is 2.16 bits per heavy atom. The lowest BCUT2D eigenvalue weighted by atomic mass is 10.1. The molecule has 19 heavy (non-hydrogen) atoms. The predicted octanol–water partition coefficient (Wildman–Crippen LogP) is -0.0353. The quantitative estimate of drug-likeness (QED) is 0.845. The van der Waals surface area contributed by atoms with Crippen LogP contribution in [0.5, 0.6) is 0 Å². The zero-order chi connectivity index (χ0) is 13.3. The Hall–Kier alpha value is -0.950. The minimum Gasteiger partial charge on any atom is -0.314 e. The molecular weight excluding hydrogens is 262 g/mol. The largest absolute Gasteiger partial charge is 0.314 e. The highest BCUT2D eigenvalue weighted by molar-refractivity contribution is 7.89. The SMILES string of the molecule is O=S(=O)(c1ccccc1)N1CCN(C2CNC2)CC1. The molecule has 0 spiro atoms. The summed E-state index contributed by atoms with van der Waals surface area (Å²) in [6.07, 6.45) is 0. The van der Waals surface area contributed by atoms with Crippen molar-refractivity contribution >= 4 is 10.0 Å². The number of hydrogen-bond acceptors (Lipinski definition) is 4. The van der Waals surface area contributed by atoms with Gasteiger partial charge in [0.25, 0.3) is 0 Å². The topological polar surface area (TPSA) is 52.7 Å². The molecule has 0 bridgehead atoms. The molecule has 0 aromatic heterocycles. The standard InChI is InChI=1S/C13H19N3O2S/c17-19(18,13-4-2-1-3-5-13)16-8-6-15(7-9-16)12-10-14-11-12/h1-5,12,14H,6-11H2. The van der Waals surface area contributed by atoms with Gasteiger partial charge in [-0.3, -0.25) is 4.90 Å². The van der Waals surface area contributed by atoms with Gasteiger partial charge in [0.05, 0.1) is 4.90 Å². The highest BCUT2D eigenvalue weighted by Crippen LogP contribution is 2.18. The summed E-state index contributed by atoms with van der Waals surface area (Å²) in [7, 11) is -3.31. The fourth-order valence-electron chi connectivity index (χ4n) is 2.58. The summed E-state index contributed by atoms with van der Waals surface area (Å²) in [6.45, 7) is 4.91. The van der Waals surface area contributed by atoms with Gasteiger partial charge >= 0.3 is 0 Å². The molecule has 1 aromatic carbocycles. The zero-order valence-electron chi connectivity index (χ0n) is 10.8. The zero-order valence-corrected chi connectivity index (χ0v) is 11.6. The van der Waals surface area contributed by atoms with Crippen molar-refractivity contribution in [3.8, 4) is 0 Å². The minimum absolute atomic E-state index is 0.397. The highest BCUT2D eigenvalue weighted by atomic mass is 32.2. The van der Waals surface area contributed by atoms with Gasteiger partial charge in [-0.1, -0.05) is 18.2 Å². The summed E-state index contributed by atoms with van der Waals surface area (Å²) in [5.74, 6) is 0. The molecule has 0 atom stereocenters. The average molecular weight is 281 g/mol. The lowest BCUT2D eigenvalue weighted by Gasteiger charge is -2.42. The van der Waals surface area contributed by atoms with E-state index >= 15 is 0 Å². The Bertz CT molecular complexity index is 520. The first-order valence-electron chi connectivity index (χ1n) is 6.68. The third kappa shape index (κ3) is 2.53. The van der Waals surface area contributed by atoms with Crippen LogP contribution in [0.2, 0.25) is 0 Å². The van der Waals surface area contributed by atoms with Gasteiger partial charge in [0.15, 0.2) is 0 Å². The first kappa shape index (κ1) is 13.1. The molecule has 2 aliphatic heterocycles. The van der Waals surface area contributed by atoms with Crippen molar-refractivity contribution in [1.29, 1.82) is 0 Å². The molecule has 0 unspecified atom stereocenters. The molecule has 2 heterocycles. The van der Waals surface area contributed by atoms with E-state index in [0.717, 1.165) is 26.2 Å². The van der Waals surface area contributed by atoms with Crippen LogP contribution < -0.4 is 5.32 Å². The molecule has 1 N–H and O–H groups in total. The van der Waals surface area contributed by atoms with E-state index in [1.54, 1.807) is 28.6 Å². The summed E-state index contributed by atoms with van der Waals surface area (Å²) >= 11 is 0. The highest BCUT2D eigenvalue weighted by Gasteiger charge is 2.32. The maximum absolute atomic E-state index is 12.4. The second-order valence-electron chi connectivity index (χ2n) is 5.07. The van der Waals surface area contributed by atoms with Crippen LogP contribution in [0.4, 0.5) is 0 Å². The fourth-order valence-corrected chi connectivity index (χ4v) is 4.03. The Labute approximate surface area is 114 Å². The van der Waals surface area contributed by atoms with Crippen LogP contribution in [0.1, 0.15) is 0 Å². The third-order valence-electron chi connectivity index (χ3n) is 3.93. The summed E-state index contributed by atoms with van der Waals surface area (Å²) < 4.78 is 26.5. The predicted molar refractivity (Wildman–Crippen MR) is 73.4 cm³/mol. The molecule has 0 aliphatic carbocycles. The Balaban J connectivity index is 1.67. The van der Waals surface area contributed by atoms with Crippen LogP contribution in [0, 0.1) is 0 Å². The van der Waals surface area contributed by atoms with Crippen molar-refractivity contribution < 1.29 is 8.42 Å². The van der Waals surface area contributed by atoms with Crippen LogP contribution in [-0.4, -0.2) is 62.9 Å². The summed E-state index contributed by atoms with van der Waals surface area (Å²) in [4.78, 5) is 2.78. The molecular formula is C13H19N3O2S. The fraction of sp³-hybridized carbons (Fsp3) is 0.538. The first-order chi connectivity index (χ1) is 9.18. The second kappa shape index (κ2) is 5.20. The lowest BCUT2D eigenvalue weighted by Crippen LogP contribution is -2.62. The van der Waals surface area contributed by atoms with Gasteiger partial charge in [0.1, 0.15) is 0 Å². The van der Waals surface area contributed by atoms with Crippen molar-refractivity contribution in [2.24, 2.45) is 0 Å². The number of nitrogens with zero attached hydrogens (tertiary/aromatic N) is 2. The number of hydrogen-bond donors (Lipinski definition) is 1. The smallest absolute Gasteiger partial charge is 0.243 e. The molecule has 5 nitrogen and oxygen atoms in total. The summed E-state index contributed by atoms with van der Waals surface area (Å²) in [6, 6.07) is 9.30. The molecule has 2 saturated heterocycles. The van der Waals surface area contributed by atoms with E-state index in [2.05, 4.69) is 10.2 Å². The molecule has 104 valence electrons. The van der Waals surface area contributed by atoms with Crippen molar-refractivity contribution in [2.75, 3.05) is 39.3 Å². The van der Waals surface area contributed by atoms with Gasteiger partial charge in [-0.15, -0.1) is 0 Å². The number of piperazine rings is 1. The molecule has 3 rings (SSSR count). The van der Waals surface area contributed by atoms with Crippen LogP contribution in [0.3, 0.4) is 0 Å². The van der Waals surface area contributed by atoms with E-state index in [9.17, 15) is 8.42 Å². The van der Waals surface area contributed by atoms with Gasteiger partial charge in [0.2, 0.25) is 10.0 Å². The monoisotopic (exact) mass is 281 g/mol. The Morgan fingerprint density at radius 2 is 1.63 bits per heavy atom. The molecule has 2 aliphatic rings. The molecule has 1 aromatic rings. The van der Waals surface area contributed by atoms with Gasteiger partial charge in [0, 0.05) is 45.3 Å². The molecule has 2 fully saturated rings. The van der Waals surface area contributed by atoms with Crippen LogP contribution in [-0.2, 0) is 10.0 Å².